The summed E-state index contributed by atoms with van der Waals surface area (Å²) in [4.78, 5) is 14.8. The SMILES string of the molecule is C[C@@H](NC(=O)c1ccco1)c1nnc2n1CCN(Cc1cccc(Oc3ccc(Cl)cc3)c1)CC2. The maximum Gasteiger partial charge on any atom is 0.287 e. The number of rotatable bonds is 7. The minimum atomic E-state index is -0.290. The number of nitrogens with zero attached hydrogens (tertiary/aromatic N) is 4. The van der Waals surface area contributed by atoms with E-state index in [-0.39, 0.29) is 17.7 Å². The summed E-state index contributed by atoms with van der Waals surface area (Å²) >= 11 is 5.96. The van der Waals surface area contributed by atoms with Crippen molar-refractivity contribution in [2.45, 2.75) is 32.5 Å². The van der Waals surface area contributed by atoms with E-state index in [1.165, 1.54) is 11.8 Å². The van der Waals surface area contributed by atoms with Crippen molar-refractivity contribution >= 4 is 17.5 Å². The monoisotopic (exact) mass is 491 g/mol. The molecule has 0 unspecified atom stereocenters. The van der Waals surface area contributed by atoms with Crippen LogP contribution in [0.4, 0.5) is 0 Å². The number of carbonyl (C=O) groups excluding carboxylic acids is 1. The number of aromatic nitrogens is 3. The zero-order valence-corrected chi connectivity index (χ0v) is 20.1. The molecule has 35 heavy (non-hydrogen) atoms. The number of furan rings is 1. The van der Waals surface area contributed by atoms with Crippen molar-refractivity contribution in [1.29, 1.82) is 0 Å². The van der Waals surface area contributed by atoms with E-state index in [9.17, 15) is 4.79 Å². The van der Waals surface area contributed by atoms with Crippen molar-refractivity contribution in [2.24, 2.45) is 0 Å². The van der Waals surface area contributed by atoms with Crippen molar-refractivity contribution < 1.29 is 13.9 Å². The molecule has 4 aromatic rings. The summed E-state index contributed by atoms with van der Waals surface area (Å²) < 4.78 is 13.3. The Kier molecular flexibility index (Phi) is 6.83. The van der Waals surface area contributed by atoms with Crippen LogP contribution in [-0.4, -0.2) is 38.7 Å². The van der Waals surface area contributed by atoms with Crippen LogP contribution in [0.15, 0.2) is 71.3 Å². The molecule has 2 aromatic heterocycles. The van der Waals surface area contributed by atoms with Gasteiger partial charge in [-0.05, 0) is 61.0 Å². The number of nitrogens with one attached hydrogen (secondary N) is 1. The third kappa shape index (κ3) is 5.55. The number of hydrogen-bond acceptors (Lipinski definition) is 6. The molecule has 0 saturated heterocycles. The van der Waals surface area contributed by atoms with E-state index in [1.807, 2.05) is 43.3 Å². The highest BCUT2D eigenvalue weighted by Gasteiger charge is 2.23. The lowest BCUT2D eigenvalue weighted by Gasteiger charge is -2.20. The van der Waals surface area contributed by atoms with E-state index < -0.39 is 0 Å². The molecule has 1 N–H and O–H groups in total. The van der Waals surface area contributed by atoms with Gasteiger partial charge in [-0.2, -0.15) is 0 Å². The van der Waals surface area contributed by atoms with Gasteiger partial charge in [0.05, 0.1) is 12.3 Å². The molecule has 0 spiro atoms. The first kappa shape index (κ1) is 23.1. The van der Waals surface area contributed by atoms with Gasteiger partial charge >= 0.3 is 0 Å². The maximum atomic E-state index is 12.4. The van der Waals surface area contributed by atoms with Crippen LogP contribution in [0.5, 0.6) is 11.5 Å². The van der Waals surface area contributed by atoms with Gasteiger partial charge in [0.15, 0.2) is 11.6 Å². The zero-order valence-electron chi connectivity index (χ0n) is 19.4. The molecule has 1 amide bonds. The minimum Gasteiger partial charge on any atom is -0.459 e. The summed E-state index contributed by atoms with van der Waals surface area (Å²) in [6.45, 7) is 5.18. The second kappa shape index (κ2) is 10.3. The van der Waals surface area contributed by atoms with Crippen molar-refractivity contribution in [3.8, 4) is 11.5 Å². The third-order valence-corrected chi connectivity index (χ3v) is 6.23. The summed E-state index contributed by atoms with van der Waals surface area (Å²) in [5.41, 5.74) is 1.17. The van der Waals surface area contributed by atoms with Crippen LogP contribution in [0.1, 0.15) is 40.7 Å². The fourth-order valence-corrected chi connectivity index (χ4v) is 4.34. The van der Waals surface area contributed by atoms with Gasteiger partial charge in [-0.3, -0.25) is 9.69 Å². The number of ether oxygens (including phenoxy) is 1. The molecule has 0 fully saturated rings. The van der Waals surface area contributed by atoms with Gasteiger partial charge in [0, 0.05) is 37.6 Å². The van der Waals surface area contributed by atoms with Gasteiger partial charge in [-0.15, -0.1) is 10.2 Å². The lowest BCUT2D eigenvalue weighted by molar-refractivity contribution is 0.0909. The van der Waals surface area contributed by atoms with E-state index in [4.69, 9.17) is 20.8 Å². The fourth-order valence-electron chi connectivity index (χ4n) is 4.21. The van der Waals surface area contributed by atoms with Crippen molar-refractivity contribution in [3.05, 3.63) is 94.9 Å². The molecule has 0 bridgehead atoms. The van der Waals surface area contributed by atoms with E-state index in [0.29, 0.717) is 5.02 Å². The number of fused-ring (bicyclic) bond motifs is 1. The first-order valence-corrected chi connectivity index (χ1v) is 11.9. The van der Waals surface area contributed by atoms with E-state index in [0.717, 1.165) is 55.7 Å². The Morgan fingerprint density at radius 1 is 1.09 bits per heavy atom. The van der Waals surface area contributed by atoms with Crippen LogP contribution in [0.25, 0.3) is 0 Å². The van der Waals surface area contributed by atoms with Gasteiger partial charge in [0.1, 0.15) is 17.3 Å². The average Bonchev–Trinajstić information content (AvgIpc) is 3.49. The van der Waals surface area contributed by atoms with E-state index >= 15 is 0 Å². The molecule has 3 heterocycles. The van der Waals surface area contributed by atoms with E-state index in [1.54, 1.807) is 12.1 Å². The predicted octanol–water partition coefficient (Wildman–Crippen LogP) is 4.87. The molecular weight excluding hydrogens is 466 g/mol. The molecule has 0 saturated carbocycles. The van der Waals surface area contributed by atoms with Gasteiger partial charge in [0.2, 0.25) is 0 Å². The van der Waals surface area contributed by atoms with Crippen molar-refractivity contribution in [3.63, 3.8) is 0 Å². The van der Waals surface area contributed by atoms with Crippen LogP contribution in [0, 0.1) is 0 Å². The van der Waals surface area contributed by atoms with Crippen LogP contribution < -0.4 is 10.1 Å². The quantitative estimate of drug-likeness (QED) is 0.397. The molecule has 1 atom stereocenters. The number of halogens is 1. The third-order valence-electron chi connectivity index (χ3n) is 5.98. The Balaban J connectivity index is 1.21. The topological polar surface area (TPSA) is 85.4 Å². The molecule has 1 aliphatic rings. The number of carbonyl (C=O) groups is 1. The summed E-state index contributed by atoms with van der Waals surface area (Å²) in [6.07, 6.45) is 2.27. The molecule has 2 aromatic carbocycles. The minimum absolute atomic E-state index is 0.268. The lowest BCUT2D eigenvalue weighted by atomic mass is 10.2. The first-order chi connectivity index (χ1) is 17.0. The van der Waals surface area contributed by atoms with Crippen molar-refractivity contribution in [1.82, 2.24) is 25.0 Å². The second-order valence-electron chi connectivity index (χ2n) is 8.53. The standard InChI is InChI=1S/C26H26ClN5O3/c1-18(28-26(33)23-6-3-15-34-23)25-30-29-24-11-12-31(13-14-32(24)25)17-19-4-2-5-22(16-19)35-21-9-7-20(27)8-10-21/h2-10,15-16,18H,11-14,17H2,1H3,(H,28,33)/t18-/m1/s1. The van der Waals surface area contributed by atoms with Gasteiger partial charge in [-0.25, -0.2) is 0 Å². The van der Waals surface area contributed by atoms with Crippen LogP contribution in [-0.2, 0) is 19.5 Å². The predicted molar refractivity (Wildman–Crippen MR) is 132 cm³/mol. The Morgan fingerprint density at radius 2 is 1.94 bits per heavy atom. The molecule has 0 radical (unpaired) electrons. The smallest absolute Gasteiger partial charge is 0.287 e. The number of hydrogen-bond donors (Lipinski definition) is 1. The summed E-state index contributed by atoms with van der Waals surface area (Å²) in [5, 5.41) is 12.4. The molecular formula is C26H26ClN5O3. The van der Waals surface area contributed by atoms with Gasteiger partial charge < -0.3 is 19.0 Å². The molecule has 180 valence electrons. The summed E-state index contributed by atoms with van der Waals surface area (Å²) in [7, 11) is 0. The first-order valence-electron chi connectivity index (χ1n) is 11.6. The fraction of sp³-hybridized carbons (Fsp3) is 0.269. The van der Waals surface area contributed by atoms with Gasteiger partial charge in [-0.1, -0.05) is 23.7 Å². The molecule has 9 heteroatoms. The Morgan fingerprint density at radius 3 is 2.74 bits per heavy atom. The van der Waals surface area contributed by atoms with Crippen LogP contribution in [0.2, 0.25) is 5.02 Å². The van der Waals surface area contributed by atoms with Crippen molar-refractivity contribution in [2.75, 3.05) is 13.1 Å². The average molecular weight is 492 g/mol. The number of amides is 1. The largest absolute Gasteiger partial charge is 0.459 e. The Labute approximate surface area is 208 Å². The normalized spacial score (nSPS) is 14.7. The Bertz CT molecular complexity index is 1290. The highest BCUT2D eigenvalue weighted by atomic mass is 35.5. The summed E-state index contributed by atoms with van der Waals surface area (Å²) in [5.74, 6) is 3.23. The highest BCUT2D eigenvalue weighted by Crippen LogP contribution is 2.25. The number of benzene rings is 2. The molecule has 0 aliphatic carbocycles. The molecule has 1 aliphatic heterocycles. The highest BCUT2D eigenvalue weighted by molar-refractivity contribution is 6.30. The van der Waals surface area contributed by atoms with E-state index in [2.05, 4.69) is 37.1 Å². The lowest BCUT2D eigenvalue weighted by Crippen LogP contribution is -2.30. The Hall–Kier alpha value is -3.62. The second-order valence-corrected chi connectivity index (χ2v) is 8.96. The molecule has 8 nitrogen and oxygen atoms in total. The van der Waals surface area contributed by atoms with Crippen LogP contribution >= 0.6 is 11.6 Å². The maximum absolute atomic E-state index is 12.4. The summed E-state index contributed by atoms with van der Waals surface area (Å²) in [6, 6.07) is 18.5. The molecule has 5 rings (SSSR count). The van der Waals surface area contributed by atoms with Crippen LogP contribution in [0.3, 0.4) is 0 Å². The zero-order chi connectivity index (χ0) is 24.2. The van der Waals surface area contributed by atoms with Gasteiger partial charge in [0.25, 0.3) is 5.91 Å².